The zero-order valence-electron chi connectivity index (χ0n) is 12.1. The Hall–Kier alpha value is -2.13. The maximum absolute atomic E-state index is 11.1. The van der Waals surface area contributed by atoms with Gasteiger partial charge in [-0.2, -0.15) is 0 Å². The van der Waals surface area contributed by atoms with Crippen molar-refractivity contribution >= 4 is 5.97 Å². The number of rotatable bonds is 4. The molecule has 0 unspecified atom stereocenters. The van der Waals surface area contributed by atoms with Crippen LogP contribution in [0.25, 0.3) is 0 Å². The van der Waals surface area contributed by atoms with Crippen molar-refractivity contribution in [3.05, 3.63) is 71.8 Å². The minimum absolute atomic E-state index is 0.253. The van der Waals surface area contributed by atoms with E-state index < -0.39 is 5.97 Å². The van der Waals surface area contributed by atoms with Crippen LogP contribution in [0.1, 0.15) is 18.1 Å². The van der Waals surface area contributed by atoms with Crippen LogP contribution in [-0.4, -0.2) is 29.1 Å². The fraction of sp³-hybridized carbons (Fsp3) is 0.278. The Morgan fingerprint density at radius 1 is 1.00 bits per heavy atom. The first-order valence-corrected chi connectivity index (χ1v) is 7.21. The van der Waals surface area contributed by atoms with E-state index in [0.717, 1.165) is 0 Å². The molecule has 21 heavy (non-hydrogen) atoms. The number of hydrogen-bond acceptors (Lipinski definition) is 2. The second-order valence-corrected chi connectivity index (χ2v) is 5.74. The van der Waals surface area contributed by atoms with Gasteiger partial charge in [0.2, 0.25) is 0 Å². The van der Waals surface area contributed by atoms with Gasteiger partial charge < -0.3 is 5.11 Å². The zero-order chi connectivity index (χ0) is 14.9. The summed E-state index contributed by atoms with van der Waals surface area (Å²) in [5.41, 5.74) is 2.11. The summed E-state index contributed by atoms with van der Waals surface area (Å²) < 4.78 is 0. The molecule has 0 aliphatic carbocycles. The molecule has 0 radical (unpaired) electrons. The first kappa shape index (κ1) is 13.8. The number of aliphatic carboxylic acids is 1. The SMILES string of the molecule is CC(c1ccccc1)(c1ccccc1)N1CC(C(=O)O)C1. The maximum atomic E-state index is 11.1. The van der Waals surface area contributed by atoms with E-state index in [4.69, 9.17) is 5.11 Å². The summed E-state index contributed by atoms with van der Waals surface area (Å²) in [4.78, 5) is 13.3. The molecular formula is C18H19NO2. The molecule has 0 spiro atoms. The summed E-state index contributed by atoms with van der Waals surface area (Å²) in [5.74, 6) is -0.952. The second kappa shape index (κ2) is 5.34. The van der Waals surface area contributed by atoms with Crippen LogP contribution in [0.5, 0.6) is 0 Å². The number of likely N-dealkylation sites (tertiary alicyclic amines) is 1. The lowest BCUT2D eigenvalue weighted by Crippen LogP contribution is -2.59. The highest BCUT2D eigenvalue weighted by Crippen LogP contribution is 2.39. The summed E-state index contributed by atoms with van der Waals surface area (Å²) in [7, 11) is 0. The van der Waals surface area contributed by atoms with Gasteiger partial charge in [0.05, 0.1) is 11.5 Å². The van der Waals surface area contributed by atoms with Crippen molar-refractivity contribution in [1.82, 2.24) is 4.90 Å². The minimum atomic E-state index is -0.699. The molecule has 0 bridgehead atoms. The Balaban J connectivity index is 1.99. The first-order chi connectivity index (χ1) is 10.1. The molecule has 1 heterocycles. The number of benzene rings is 2. The van der Waals surface area contributed by atoms with Gasteiger partial charge in [-0.25, -0.2) is 0 Å². The molecule has 3 heteroatoms. The first-order valence-electron chi connectivity index (χ1n) is 7.21. The molecule has 3 rings (SSSR count). The molecule has 0 atom stereocenters. The minimum Gasteiger partial charge on any atom is -0.481 e. The molecule has 0 amide bonds. The van der Waals surface area contributed by atoms with Crippen LogP contribution in [0.2, 0.25) is 0 Å². The summed E-state index contributed by atoms with van der Waals surface area (Å²) in [5, 5.41) is 9.13. The van der Waals surface area contributed by atoms with Gasteiger partial charge in [-0.3, -0.25) is 9.69 Å². The van der Waals surface area contributed by atoms with Crippen LogP contribution in [0.3, 0.4) is 0 Å². The highest BCUT2D eigenvalue weighted by Gasteiger charge is 2.44. The Bertz CT molecular complexity index is 579. The zero-order valence-corrected chi connectivity index (χ0v) is 12.1. The van der Waals surface area contributed by atoms with Gasteiger partial charge in [-0.15, -0.1) is 0 Å². The van der Waals surface area contributed by atoms with E-state index >= 15 is 0 Å². The predicted octanol–water partition coefficient (Wildman–Crippen LogP) is 2.97. The summed E-state index contributed by atoms with van der Waals surface area (Å²) in [6, 6.07) is 20.6. The number of nitrogens with zero attached hydrogens (tertiary/aromatic N) is 1. The molecule has 2 aromatic rings. The van der Waals surface area contributed by atoms with Gasteiger partial charge in [-0.1, -0.05) is 60.7 Å². The fourth-order valence-corrected chi connectivity index (χ4v) is 3.06. The lowest BCUT2D eigenvalue weighted by atomic mass is 9.79. The van der Waals surface area contributed by atoms with Crippen LogP contribution < -0.4 is 0 Å². The van der Waals surface area contributed by atoms with E-state index in [-0.39, 0.29) is 11.5 Å². The Morgan fingerprint density at radius 2 is 1.43 bits per heavy atom. The largest absolute Gasteiger partial charge is 0.481 e. The molecule has 1 N–H and O–H groups in total. The quantitative estimate of drug-likeness (QED) is 0.936. The molecule has 1 saturated heterocycles. The lowest BCUT2D eigenvalue weighted by molar-refractivity contribution is -0.150. The lowest BCUT2D eigenvalue weighted by Gasteiger charge is -2.50. The Kier molecular flexibility index (Phi) is 3.52. The average Bonchev–Trinajstić information content (AvgIpc) is 2.47. The molecule has 1 aliphatic rings. The highest BCUT2D eigenvalue weighted by molar-refractivity contribution is 5.71. The van der Waals surface area contributed by atoms with Crippen molar-refractivity contribution in [3.63, 3.8) is 0 Å². The molecule has 0 aromatic heterocycles. The molecular weight excluding hydrogens is 262 g/mol. The molecule has 1 aliphatic heterocycles. The third-order valence-corrected chi connectivity index (χ3v) is 4.54. The Morgan fingerprint density at radius 3 is 1.81 bits per heavy atom. The summed E-state index contributed by atoms with van der Waals surface area (Å²) >= 11 is 0. The smallest absolute Gasteiger partial charge is 0.309 e. The number of carboxylic acids is 1. The number of carboxylic acid groups (broad SMARTS) is 1. The van der Waals surface area contributed by atoms with E-state index in [1.165, 1.54) is 11.1 Å². The van der Waals surface area contributed by atoms with Crippen LogP contribution >= 0.6 is 0 Å². The number of hydrogen-bond donors (Lipinski definition) is 1. The van der Waals surface area contributed by atoms with Crippen molar-refractivity contribution in [2.75, 3.05) is 13.1 Å². The van der Waals surface area contributed by atoms with Gasteiger partial charge in [-0.05, 0) is 18.1 Å². The monoisotopic (exact) mass is 281 g/mol. The van der Waals surface area contributed by atoms with Crippen LogP contribution in [0.4, 0.5) is 0 Å². The summed E-state index contributed by atoms with van der Waals surface area (Å²) in [6.07, 6.45) is 0. The van der Waals surface area contributed by atoms with Gasteiger partial charge in [0.25, 0.3) is 0 Å². The topological polar surface area (TPSA) is 40.5 Å². The molecule has 108 valence electrons. The standard InChI is InChI=1S/C18H19NO2/c1-18(15-8-4-2-5-9-15,16-10-6-3-7-11-16)19-12-14(13-19)17(20)21/h2-11,14H,12-13H2,1H3,(H,20,21). The van der Waals surface area contributed by atoms with Gasteiger partial charge >= 0.3 is 5.97 Å². The van der Waals surface area contributed by atoms with E-state index in [0.29, 0.717) is 13.1 Å². The molecule has 2 aromatic carbocycles. The van der Waals surface area contributed by atoms with Gasteiger partial charge in [0.1, 0.15) is 0 Å². The van der Waals surface area contributed by atoms with Crippen molar-refractivity contribution in [3.8, 4) is 0 Å². The third kappa shape index (κ3) is 2.34. The second-order valence-electron chi connectivity index (χ2n) is 5.74. The van der Waals surface area contributed by atoms with E-state index in [2.05, 4.69) is 36.1 Å². The van der Waals surface area contributed by atoms with Crippen molar-refractivity contribution in [2.45, 2.75) is 12.5 Å². The van der Waals surface area contributed by atoms with Crippen LogP contribution in [0.15, 0.2) is 60.7 Å². The van der Waals surface area contributed by atoms with Gasteiger partial charge in [0.15, 0.2) is 0 Å². The van der Waals surface area contributed by atoms with Gasteiger partial charge in [0, 0.05) is 13.1 Å². The van der Waals surface area contributed by atoms with Crippen LogP contribution in [0, 0.1) is 5.92 Å². The van der Waals surface area contributed by atoms with E-state index in [9.17, 15) is 4.79 Å². The number of carbonyl (C=O) groups is 1. The van der Waals surface area contributed by atoms with E-state index in [1.54, 1.807) is 0 Å². The molecule has 3 nitrogen and oxygen atoms in total. The molecule has 0 saturated carbocycles. The van der Waals surface area contributed by atoms with Crippen molar-refractivity contribution < 1.29 is 9.90 Å². The fourth-order valence-electron chi connectivity index (χ4n) is 3.06. The summed E-state index contributed by atoms with van der Waals surface area (Å²) in [6.45, 7) is 3.36. The van der Waals surface area contributed by atoms with E-state index in [1.807, 2.05) is 36.4 Å². The van der Waals surface area contributed by atoms with Crippen LogP contribution in [-0.2, 0) is 10.3 Å². The average molecular weight is 281 g/mol. The maximum Gasteiger partial charge on any atom is 0.309 e. The van der Waals surface area contributed by atoms with Crippen molar-refractivity contribution in [1.29, 1.82) is 0 Å². The normalized spacial score (nSPS) is 16.4. The predicted molar refractivity (Wildman–Crippen MR) is 82.0 cm³/mol. The highest BCUT2D eigenvalue weighted by atomic mass is 16.4. The molecule has 1 fully saturated rings. The third-order valence-electron chi connectivity index (χ3n) is 4.54. The van der Waals surface area contributed by atoms with Crippen molar-refractivity contribution in [2.24, 2.45) is 5.92 Å². The Labute approximate surface area is 124 Å².